The molecule has 0 aliphatic carbocycles. The summed E-state index contributed by atoms with van der Waals surface area (Å²) in [7, 11) is 0. The maximum absolute atomic E-state index is 12.6. The van der Waals surface area contributed by atoms with Crippen molar-refractivity contribution in [2.75, 3.05) is 44.2 Å². The van der Waals surface area contributed by atoms with Gasteiger partial charge in [-0.3, -0.25) is 14.6 Å². The second kappa shape index (κ2) is 8.46. The monoisotopic (exact) mass is 400 g/mol. The molecule has 0 saturated carbocycles. The molecule has 5 nitrogen and oxygen atoms in total. The number of aromatic nitrogens is 1. The van der Waals surface area contributed by atoms with Gasteiger partial charge in [0.05, 0.1) is 6.42 Å². The Balaban J connectivity index is 1.16. The van der Waals surface area contributed by atoms with E-state index in [0.717, 1.165) is 62.8 Å². The third-order valence-electron chi connectivity index (χ3n) is 6.25. The Kier molecular flexibility index (Phi) is 5.39. The molecule has 0 radical (unpaired) electrons. The van der Waals surface area contributed by atoms with E-state index in [4.69, 9.17) is 0 Å². The minimum atomic E-state index is 0.220. The number of carbonyl (C=O) groups excluding carboxylic acids is 1. The summed E-state index contributed by atoms with van der Waals surface area (Å²) in [5, 5.41) is 0. The first-order valence-corrected chi connectivity index (χ1v) is 10.8. The molecule has 1 amide bonds. The summed E-state index contributed by atoms with van der Waals surface area (Å²) < 4.78 is 2.09. The van der Waals surface area contributed by atoms with Gasteiger partial charge in [-0.05, 0) is 41.5 Å². The van der Waals surface area contributed by atoms with Gasteiger partial charge in [0.15, 0.2) is 0 Å². The van der Waals surface area contributed by atoms with Gasteiger partial charge >= 0.3 is 0 Å². The van der Waals surface area contributed by atoms with Crippen molar-refractivity contribution in [1.82, 2.24) is 14.4 Å². The molecule has 5 heteroatoms. The summed E-state index contributed by atoms with van der Waals surface area (Å²) in [5.41, 5.74) is 4.71. The third kappa shape index (κ3) is 4.04. The summed E-state index contributed by atoms with van der Waals surface area (Å²) in [4.78, 5) is 19.6. The highest BCUT2D eigenvalue weighted by molar-refractivity contribution is 6.01. The Morgan fingerprint density at radius 2 is 1.50 bits per heavy atom. The van der Waals surface area contributed by atoms with Crippen LogP contribution in [0.25, 0.3) is 5.69 Å². The first kappa shape index (κ1) is 19.1. The average Bonchev–Trinajstić information content (AvgIpc) is 3.41. The van der Waals surface area contributed by atoms with Crippen molar-refractivity contribution in [3.8, 4) is 5.69 Å². The number of fused-ring (bicyclic) bond motifs is 1. The van der Waals surface area contributed by atoms with Crippen molar-refractivity contribution >= 4 is 11.6 Å². The lowest BCUT2D eigenvalue weighted by Gasteiger charge is -2.35. The van der Waals surface area contributed by atoms with E-state index >= 15 is 0 Å². The Hall–Kier alpha value is -2.89. The highest BCUT2D eigenvalue weighted by Gasteiger charge is 2.28. The lowest BCUT2D eigenvalue weighted by atomic mass is 10.1. The molecule has 3 aromatic rings. The van der Waals surface area contributed by atoms with E-state index in [-0.39, 0.29) is 5.91 Å². The first-order valence-electron chi connectivity index (χ1n) is 10.8. The zero-order chi connectivity index (χ0) is 20.3. The van der Waals surface area contributed by atoms with Gasteiger partial charge in [0.2, 0.25) is 5.91 Å². The second-order valence-electron chi connectivity index (χ2n) is 8.23. The van der Waals surface area contributed by atoms with Gasteiger partial charge in [-0.25, -0.2) is 0 Å². The molecule has 2 aromatic carbocycles. The Morgan fingerprint density at radius 3 is 2.27 bits per heavy atom. The predicted octanol–water partition coefficient (Wildman–Crippen LogP) is 3.18. The fourth-order valence-electron chi connectivity index (χ4n) is 4.54. The Morgan fingerprint density at radius 1 is 0.767 bits per heavy atom. The fraction of sp³-hybridized carbons (Fsp3) is 0.320. The zero-order valence-electron chi connectivity index (χ0n) is 17.3. The predicted molar refractivity (Wildman–Crippen MR) is 120 cm³/mol. The topological polar surface area (TPSA) is 31.7 Å². The molecule has 0 spiro atoms. The molecule has 1 saturated heterocycles. The highest BCUT2D eigenvalue weighted by atomic mass is 16.2. The molecule has 30 heavy (non-hydrogen) atoms. The first-order chi connectivity index (χ1) is 14.8. The lowest BCUT2D eigenvalue weighted by molar-refractivity contribution is -0.117. The molecule has 154 valence electrons. The highest BCUT2D eigenvalue weighted by Crippen LogP contribution is 2.30. The van der Waals surface area contributed by atoms with Crippen LogP contribution in [0, 0.1) is 0 Å². The van der Waals surface area contributed by atoms with Gasteiger partial charge in [-0.15, -0.1) is 0 Å². The van der Waals surface area contributed by atoms with Crippen molar-refractivity contribution in [3.05, 3.63) is 84.2 Å². The number of hydrogen-bond donors (Lipinski definition) is 0. The van der Waals surface area contributed by atoms with Crippen LogP contribution in [0.2, 0.25) is 0 Å². The number of anilines is 1. The van der Waals surface area contributed by atoms with E-state index in [1.807, 2.05) is 29.4 Å². The molecule has 0 N–H and O–H groups in total. The molecule has 2 aliphatic heterocycles. The van der Waals surface area contributed by atoms with Gasteiger partial charge in [-0.2, -0.15) is 0 Å². The number of carbonyl (C=O) groups is 1. The number of benzene rings is 2. The minimum absolute atomic E-state index is 0.220. The number of rotatable bonds is 6. The van der Waals surface area contributed by atoms with Gasteiger partial charge < -0.3 is 9.47 Å². The minimum Gasteiger partial charge on any atom is -0.324 e. The number of amides is 1. The van der Waals surface area contributed by atoms with E-state index in [0.29, 0.717) is 6.42 Å². The normalized spacial score (nSPS) is 17.5. The molecule has 0 unspecified atom stereocenters. The smallest absolute Gasteiger partial charge is 0.231 e. The molecular formula is C25H28N4O. The number of piperazine rings is 1. The molecule has 3 heterocycles. The zero-order valence-corrected chi connectivity index (χ0v) is 17.3. The van der Waals surface area contributed by atoms with Gasteiger partial charge in [0, 0.05) is 69.6 Å². The summed E-state index contributed by atoms with van der Waals surface area (Å²) in [5.74, 6) is 0.220. The van der Waals surface area contributed by atoms with Crippen LogP contribution < -0.4 is 4.90 Å². The van der Waals surface area contributed by atoms with E-state index in [2.05, 4.69) is 62.9 Å². The van der Waals surface area contributed by atoms with Crippen LogP contribution in [0.5, 0.6) is 0 Å². The van der Waals surface area contributed by atoms with Crippen LogP contribution in [0.3, 0.4) is 0 Å². The van der Waals surface area contributed by atoms with Crippen molar-refractivity contribution in [2.24, 2.45) is 0 Å². The van der Waals surface area contributed by atoms with E-state index in [9.17, 15) is 4.79 Å². The maximum atomic E-state index is 12.6. The summed E-state index contributed by atoms with van der Waals surface area (Å²) >= 11 is 0. The summed E-state index contributed by atoms with van der Waals surface area (Å²) in [6.07, 6.45) is 4.58. The molecule has 0 bridgehead atoms. The SMILES string of the molecule is O=C1Cc2cc(-n3cccc3)ccc2N1CCN1CCN(Cc2ccccc2)CC1. The van der Waals surface area contributed by atoms with Gasteiger partial charge in [-0.1, -0.05) is 30.3 Å². The molecule has 0 atom stereocenters. The quantitative estimate of drug-likeness (QED) is 0.637. The average molecular weight is 401 g/mol. The summed E-state index contributed by atoms with van der Waals surface area (Å²) in [6.45, 7) is 7.02. The number of hydrogen-bond acceptors (Lipinski definition) is 3. The molecule has 1 fully saturated rings. The van der Waals surface area contributed by atoms with Crippen LogP contribution in [0.1, 0.15) is 11.1 Å². The van der Waals surface area contributed by atoms with E-state index < -0.39 is 0 Å². The third-order valence-corrected chi connectivity index (χ3v) is 6.25. The van der Waals surface area contributed by atoms with Crippen molar-refractivity contribution in [3.63, 3.8) is 0 Å². The maximum Gasteiger partial charge on any atom is 0.231 e. The van der Waals surface area contributed by atoms with E-state index in [1.165, 1.54) is 5.56 Å². The molecule has 1 aromatic heterocycles. The van der Waals surface area contributed by atoms with Crippen LogP contribution >= 0.6 is 0 Å². The molecule has 2 aliphatic rings. The summed E-state index contributed by atoms with van der Waals surface area (Å²) in [6, 6.07) is 21.1. The van der Waals surface area contributed by atoms with Crippen LogP contribution in [-0.2, 0) is 17.8 Å². The number of nitrogens with zero attached hydrogens (tertiary/aromatic N) is 4. The second-order valence-corrected chi connectivity index (χ2v) is 8.23. The Labute approximate surface area is 178 Å². The standard InChI is InChI=1S/C25H28N4O/c30-25-19-22-18-23(28-10-4-5-11-28)8-9-24(22)29(25)17-16-26-12-14-27(15-13-26)20-21-6-2-1-3-7-21/h1-11,18H,12-17,19-20H2. The van der Waals surface area contributed by atoms with Crippen LogP contribution in [-0.4, -0.2) is 59.5 Å². The van der Waals surface area contributed by atoms with Crippen LogP contribution in [0.15, 0.2) is 73.1 Å². The van der Waals surface area contributed by atoms with Crippen molar-refractivity contribution < 1.29 is 4.79 Å². The Bertz CT molecular complexity index is 991. The van der Waals surface area contributed by atoms with Crippen molar-refractivity contribution in [1.29, 1.82) is 0 Å². The molecule has 5 rings (SSSR count). The van der Waals surface area contributed by atoms with Crippen LogP contribution in [0.4, 0.5) is 5.69 Å². The molecular weight excluding hydrogens is 372 g/mol. The largest absolute Gasteiger partial charge is 0.324 e. The van der Waals surface area contributed by atoms with Gasteiger partial charge in [0.25, 0.3) is 0 Å². The fourth-order valence-corrected chi connectivity index (χ4v) is 4.54. The van der Waals surface area contributed by atoms with E-state index in [1.54, 1.807) is 0 Å². The van der Waals surface area contributed by atoms with Gasteiger partial charge in [0.1, 0.15) is 0 Å². The van der Waals surface area contributed by atoms with Crippen molar-refractivity contribution in [2.45, 2.75) is 13.0 Å². The lowest BCUT2D eigenvalue weighted by Crippen LogP contribution is -2.48.